The molecule has 48 heavy (non-hydrogen) atoms. The van der Waals surface area contributed by atoms with E-state index in [4.69, 9.17) is 16.0 Å². The largest absolute Gasteiger partial charge is 0.457 e. The normalized spacial score (nSPS) is 12.0. The molecule has 0 radical (unpaired) electrons. The topological polar surface area (TPSA) is 27.8 Å². The van der Waals surface area contributed by atoms with Gasteiger partial charge in [0.2, 0.25) is 6.79 Å². The maximum absolute atomic E-state index is 7.55. The third-order valence-electron chi connectivity index (χ3n) is 9.19. The molecular formula is C44H28N2O2. The lowest BCUT2D eigenvalue weighted by atomic mass is 9.92. The van der Waals surface area contributed by atoms with Crippen LogP contribution in [0.25, 0.3) is 76.8 Å². The first-order valence-electron chi connectivity index (χ1n) is 15.9. The zero-order valence-electron chi connectivity index (χ0n) is 25.9. The Morgan fingerprint density at radius 2 is 1.10 bits per heavy atom. The predicted octanol–water partition coefficient (Wildman–Crippen LogP) is 11.7. The molecule has 0 N–H and O–H groups in total. The van der Waals surface area contributed by atoms with Crippen molar-refractivity contribution in [3.05, 3.63) is 169 Å². The van der Waals surface area contributed by atoms with Crippen molar-refractivity contribution in [3.8, 4) is 61.7 Å². The first-order valence-corrected chi connectivity index (χ1v) is 15.9. The molecular weight excluding hydrogens is 588 g/mol. The van der Waals surface area contributed by atoms with Crippen molar-refractivity contribution in [2.24, 2.45) is 0 Å². The van der Waals surface area contributed by atoms with E-state index < -0.39 is 0 Å². The van der Waals surface area contributed by atoms with Crippen LogP contribution in [0.15, 0.2) is 158 Å². The van der Waals surface area contributed by atoms with E-state index in [-0.39, 0.29) is 6.79 Å². The average molecular weight is 617 g/mol. The standard InChI is InChI=1S/C44H28N2O2/c1-45-35-17-20-42-39(26-35)37-14-8-9-15-41(37)46(42)36-18-21-43-40(27-36)38-19-16-31(25-44(38)48-28-47-43)34-23-32(29-10-4-2-5-11-29)22-33(24-34)30-12-6-3-7-13-30/h2-27H,28H2. The molecule has 9 rings (SSSR count). The Hall–Kier alpha value is -6.57. The van der Waals surface area contributed by atoms with Gasteiger partial charge in [-0.25, -0.2) is 4.85 Å². The van der Waals surface area contributed by atoms with E-state index in [1.165, 1.54) is 11.1 Å². The number of hydrogen-bond acceptors (Lipinski definition) is 2. The van der Waals surface area contributed by atoms with Gasteiger partial charge >= 0.3 is 0 Å². The fraction of sp³-hybridized carbons (Fsp3) is 0.0227. The van der Waals surface area contributed by atoms with Crippen LogP contribution in [0, 0.1) is 6.57 Å². The molecule has 4 heteroatoms. The van der Waals surface area contributed by atoms with Crippen molar-refractivity contribution >= 4 is 27.5 Å². The Morgan fingerprint density at radius 3 is 1.83 bits per heavy atom. The molecule has 0 saturated heterocycles. The molecule has 8 aromatic rings. The van der Waals surface area contributed by atoms with E-state index in [1.807, 2.05) is 42.5 Å². The molecule has 1 aromatic heterocycles. The van der Waals surface area contributed by atoms with Gasteiger partial charge in [0.15, 0.2) is 5.69 Å². The zero-order chi connectivity index (χ0) is 32.0. The van der Waals surface area contributed by atoms with E-state index >= 15 is 0 Å². The number of ether oxygens (including phenoxy) is 2. The summed E-state index contributed by atoms with van der Waals surface area (Å²) < 4.78 is 14.7. The highest BCUT2D eigenvalue weighted by Crippen LogP contribution is 2.44. The predicted molar refractivity (Wildman–Crippen MR) is 195 cm³/mol. The lowest BCUT2D eigenvalue weighted by Crippen LogP contribution is -2.03. The van der Waals surface area contributed by atoms with Gasteiger partial charge in [0, 0.05) is 22.2 Å². The van der Waals surface area contributed by atoms with E-state index in [0.717, 1.165) is 72.4 Å². The van der Waals surface area contributed by atoms with Gasteiger partial charge in [-0.1, -0.05) is 91.0 Å². The van der Waals surface area contributed by atoms with Gasteiger partial charge in [0.1, 0.15) is 11.5 Å². The van der Waals surface area contributed by atoms with Crippen molar-refractivity contribution in [1.29, 1.82) is 0 Å². The van der Waals surface area contributed by atoms with Crippen LogP contribution in [0.3, 0.4) is 0 Å². The van der Waals surface area contributed by atoms with Crippen LogP contribution in [0.1, 0.15) is 0 Å². The fourth-order valence-electron chi connectivity index (χ4n) is 6.89. The van der Waals surface area contributed by atoms with Crippen molar-refractivity contribution in [1.82, 2.24) is 4.57 Å². The van der Waals surface area contributed by atoms with Crippen LogP contribution < -0.4 is 9.47 Å². The molecule has 0 bridgehead atoms. The monoisotopic (exact) mass is 616 g/mol. The molecule has 0 aliphatic carbocycles. The van der Waals surface area contributed by atoms with Crippen LogP contribution in [0.2, 0.25) is 0 Å². The Labute approximate surface area is 278 Å². The third-order valence-corrected chi connectivity index (χ3v) is 9.19. The molecule has 0 fully saturated rings. The Morgan fingerprint density at radius 1 is 0.458 bits per heavy atom. The summed E-state index contributed by atoms with van der Waals surface area (Å²) in [5.41, 5.74) is 12.6. The Bertz CT molecular complexity index is 2490. The summed E-state index contributed by atoms with van der Waals surface area (Å²) >= 11 is 0. The zero-order valence-corrected chi connectivity index (χ0v) is 25.9. The molecule has 1 aliphatic heterocycles. The van der Waals surface area contributed by atoms with Crippen molar-refractivity contribution in [3.63, 3.8) is 0 Å². The van der Waals surface area contributed by atoms with E-state index in [1.54, 1.807) is 0 Å². The first-order chi connectivity index (χ1) is 23.7. The van der Waals surface area contributed by atoms with Crippen molar-refractivity contribution < 1.29 is 9.47 Å². The van der Waals surface area contributed by atoms with Gasteiger partial charge < -0.3 is 14.0 Å². The number of benzene rings is 7. The van der Waals surface area contributed by atoms with Crippen LogP contribution in [0.5, 0.6) is 11.5 Å². The lowest BCUT2D eigenvalue weighted by molar-refractivity contribution is 0.125. The summed E-state index contributed by atoms with van der Waals surface area (Å²) in [5, 5.41) is 2.18. The number of nitrogens with zero attached hydrogens (tertiary/aromatic N) is 2. The molecule has 0 spiro atoms. The molecule has 4 nitrogen and oxygen atoms in total. The van der Waals surface area contributed by atoms with Gasteiger partial charge in [-0.05, 0) is 105 Å². The second-order valence-electron chi connectivity index (χ2n) is 12.0. The van der Waals surface area contributed by atoms with E-state index in [2.05, 4.69) is 125 Å². The van der Waals surface area contributed by atoms with Gasteiger partial charge in [0.25, 0.3) is 0 Å². The molecule has 1 aliphatic rings. The smallest absolute Gasteiger partial charge is 0.230 e. The second-order valence-corrected chi connectivity index (χ2v) is 12.0. The Balaban J connectivity index is 1.18. The first kappa shape index (κ1) is 27.7. The SMILES string of the molecule is [C-]#[N+]c1ccc2c(c1)c1ccccc1n2-c1ccc2c(c1)-c1ccc(-c3cc(-c4ccccc4)cc(-c4ccccc4)c3)cc1OCO2. The van der Waals surface area contributed by atoms with E-state index in [9.17, 15) is 0 Å². The summed E-state index contributed by atoms with van der Waals surface area (Å²) in [6.07, 6.45) is 0. The maximum Gasteiger partial charge on any atom is 0.230 e. The molecule has 226 valence electrons. The van der Waals surface area contributed by atoms with Crippen LogP contribution in [-0.2, 0) is 0 Å². The number of rotatable bonds is 4. The molecule has 0 saturated carbocycles. The van der Waals surface area contributed by atoms with Crippen molar-refractivity contribution in [2.45, 2.75) is 0 Å². The minimum atomic E-state index is 0.122. The summed E-state index contributed by atoms with van der Waals surface area (Å²) in [4.78, 5) is 3.68. The highest BCUT2D eigenvalue weighted by Gasteiger charge is 2.20. The van der Waals surface area contributed by atoms with Gasteiger partial charge in [-0.2, -0.15) is 0 Å². The maximum atomic E-state index is 7.55. The summed E-state index contributed by atoms with van der Waals surface area (Å²) in [7, 11) is 0. The van der Waals surface area contributed by atoms with Crippen LogP contribution in [-0.4, -0.2) is 11.4 Å². The summed E-state index contributed by atoms with van der Waals surface area (Å²) in [6.45, 7) is 7.68. The highest BCUT2D eigenvalue weighted by atomic mass is 16.7. The molecule has 2 heterocycles. The molecule has 0 amide bonds. The quantitative estimate of drug-likeness (QED) is 0.184. The lowest BCUT2D eigenvalue weighted by Gasteiger charge is -2.14. The van der Waals surface area contributed by atoms with E-state index in [0.29, 0.717) is 5.69 Å². The summed E-state index contributed by atoms with van der Waals surface area (Å²) in [5.74, 6) is 1.55. The van der Waals surface area contributed by atoms with Crippen LogP contribution >= 0.6 is 0 Å². The summed E-state index contributed by atoms with van der Waals surface area (Å²) in [6, 6.07) is 54.8. The van der Waals surface area contributed by atoms with Gasteiger partial charge in [0.05, 0.1) is 17.6 Å². The average Bonchev–Trinajstić information content (AvgIpc) is 3.37. The van der Waals surface area contributed by atoms with Crippen molar-refractivity contribution in [2.75, 3.05) is 6.79 Å². The minimum absolute atomic E-state index is 0.122. The van der Waals surface area contributed by atoms with Gasteiger partial charge in [-0.3, -0.25) is 0 Å². The molecule has 7 aromatic carbocycles. The second kappa shape index (κ2) is 11.3. The van der Waals surface area contributed by atoms with Crippen LogP contribution in [0.4, 0.5) is 5.69 Å². The number of aromatic nitrogens is 1. The molecule has 0 atom stereocenters. The third kappa shape index (κ3) is 4.69. The highest BCUT2D eigenvalue weighted by molar-refractivity contribution is 6.10. The number of fused-ring (bicyclic) bond motifs is 6. The molecule has 0 unspecified atom stereocenters. The minimum Gasteiger partial charge on any atom is -0.457 e. The number of hydrogen-bond donors (Lipinski definition) is 0. The fourth-order valence-corrected chi connectivity index (χ4v) is 6.89. The Kier molecular flexibility index (Phi) is 6.55. The van der Waals surface area contributed by atoms with Gasteiger partial charge in [-0.15, -0.1) is 0 Å². The number of para-hydroxylation sites is 1.